The van der Waals surface area contributed by atoms with E-state index in [9.17, 15) is 24.5 Å². The van der Waals surface area contributed by atoms with Gasteiger partial charge in [-0.05, 0) is 23.8 Å². The molecule has 0 aromatic heterocycles. The number of likely N-dealkylation sites (tertiary alicyclic amines) is 1. The first-order valence-electron chi connectivity index (χ1n) is 10.6. The van der Waals surface area contributed by atoms with Gasteiger partial charge >= 0.3 is 0 Å². The van der Waals surface area contributed by atoms with Gasteiger partial charge in [0.05, 0.1) is 42.4 Å². The van der Waals surface area contributed by atoms with Crippen LogP contribution < -0.4 is 0 Å². The average Bonchev–Trinajstić information content (AvgIpc) is 3.47. The molecule has 2 aliphatic heterocycles. The second-order valence-electron chi connectivity index (χ2n) is 8.61. The van der Waals surface area contributed by atoms with Crippen LogP contribution in [0.4, 0.5) is 5.69 Å². The number of amides is 3. The highest BCUT2D eigenvalue weighted by molar-refractivity contribution is 6.07. The molecule has 2 aliphatic carbocycles. The van der Waals surface area contributed by atoms with Crippen molar-refractivity contribution < 1.29 is 24.0 Å². The van der Waals surface area contributed by atoms with Gasteiger partial charge in [0.25, 0.3) is 5.69 Å². The zero-order chi connectivity index (χ0) is 21.7. The molecule has 162 valence electrons. The first kappa shape index (κ1) is 19.9. The van der Waals surface area contributed by atoms with Crippen LogP contribution in [0.5, 0.6) is 0 Å². The van der Waals surface area contributed by atoms with Gasteiger partial charge in [-0.3, -0.25) is 29.4 Å². The Labute approximate surface area is 178 Å². The lowest BCUT2D eigenvalue weighted by molar-refractivity contribution is -0.384. The molecule has 1 aromatic rings. The number of nitro groups is 1. The van der Waals surface area contributed by atoms with E-state index in [1.165, 1.54) is 29.2 Å². The molecule has 9 nitrogen and oxygen atoms in total. The summed E-state index contributed by atoms with van der Waals surface area (Å²) >= 11 is 0. The third kappa shape index (κ3) is 3.23. The van der Waals surface area contributed by atoms with Crippen LogP contribution in [0, 0.1) is 33.8 Å². The Bertz CT molecular complexity index is 938. The summed E-state index contributed by atoms with van der Waals surface area (Å²) in [5.41, 5.74) is 0.467. The fraction of sp³-hybridized carbons (Fsp3) is 0.500. The topological polar surface area (TPSA) is 110 Å². The number of hydrogen-bond acceptors (Lipinski definition) is 6. The highest BCUT2D eigenvalue weighted by atomic mass is 16.6. The third-order valence-corrected chi connectivity index (χ3v) is 7.04. The fourth-order valence-electron chi connectivity index (χ4n) is 5.52. The SMILES string of the molecule is O=C(CC(c1ccc([N+](=O)[O-])cc1)N1C(=O)C2C3C=CC(C3)C2C1=O)N1CCOCC1. The van der Waals surface area contributed by atoms with Crippen LogP contribution in [0.2, 0.25) is 0 Å². The molecule has 0 spiro atoms. The van der Waals surface area contributed by atoms with E-state index in [0.717, 1.165) is 6.42 Å². The molecule has 5 rings (SSSR count). The molecule has 0 N–H and O–H groups in total. The lowest BCUT2D eigenvalue weighted by Crippen LogP contribution is -2.44. The number of carbonyl (C=O) groups is 3. The fourth-order valence-corrected chi connectivity index (χ4v) is 5.52. The minimum atomic E-state index is -0.777. The van der Waals surface area contributed by atoms with E-state index in [2.05, 4.69) is 0 Å². The summed E-state index contributed by atoms with van der Waals surface area (Å²) in [4.78, 5) is 53.2. The molecular formula is C22H23N3O6. The van der Waals surface area contributed by atoms with Gasteiger partial charge in [0.15, 0.2) is 0 Å². The van der Waals surface area contributed by atoms with E-state index in [1.807, 2.05) is 12.2 Å². The number of ether oxygens (including phenoxy) is 1. The predicted molar refractivity (Wildman–Crippen MR) is 107 cm³/mol. The number of rotatable bonds is 5. The monoisotopic (exact) mass is 425 g/mol. The normalized spacial score (nSPS) is 30.1. The van der Waals surface area contributed by atoms with Crippen LogP contribution in [0.15, 0.2) is 36.4 Å². The van der Waals surface area contributed by atoms with Crippen LogP contribution in [-0.4, -0.2) is 58.7 Å². The van der Waals surface area contributed by atoms with E-state index < -0.39 is 11.0 Å². The lowest BCUT2D eigenvalue weighted by Gasteiger charge is -2.32. The van der Waals surface area contributed by atoms with Crippen molar-refractivity contribution in [2.45, 2.75) is 18.9 Å². The summed E-state index contributed by atoms with van der Waals surface area (Å²) in [6, 6.07) is 4.99. The summed E-state index contributed by atoms with van der Waals surface area (Å²) in [5.74, 6) is -1.20. The summed E-state index contributed by atoms with van der Waals surface area (Å²) < 4.78 is 5.31. The number of nitro benzene ring substituents is 1. The molecule has 9 heteroatoms. The highest BCUT2D eigenvalue weighted by Crippen LogP contribution is 2.54. The van der Waals surface area contributed by atoms with E-state index >= 15 is 0 Å². The van der Waals surface area contributed by atoms with Crippen molar-refractivity contribution in [3.63, 3.8) is 0 Å². The van der Waals surface area contributed by atoms with Crippen molar-refractivity contribution in [2.24, 2.45) is 23.7 Å². The molecular weight excluding hydrogens is 402 g/mol. The Morgan fingerprint density at radius 1 is 1.06 bits per heavy atom. The number of hydrogen-bond donors (Lipinski definition) is 0. The predicted octanol–water partition coefficient (Wildman–Crippen LogP) is 1.69. The molecule has 3 fully saturated rings. The Hall–Kier alpha value is -3.07. The maximum Gasteiger partial charge on any atom is 0.269 e. The van der Waals surface area contributed by atoms with Crippen molar-refractivity contribution in [2.75, 3.05) is 26.3 Å². The summed E-state index contributed by atoms with van der Waals surface area (Å²) in [6.45, 7) is 1.84. The van der Waals surface area contributed by atoms with Crippen molar-refractivity contribution >= 4 is 23.4 Å². The average molecular weight is 425 g/mol. The van der Waals surface area contributed by atoms with E-state index in [-0.39, 0.29) is 53.5 Å². The molecule has 5 unspecified atom stereocenters. The van der Waals surface area contributed by atoms with Crippen molar-refractivity contribution in [1.82, 2.24) is 9.80 Å². The minimum absolute atomic E-state index is 0.0442. The summed E-state index contributed by atoms with van der Waals surface area (Å²) in [5, 5.41) is 11.0. The number of allylic oxidation sites excluding steroid dienone is 2. The van der Waals surface area contributed by atoms with Crippen LogP contribution in [-0.2, 0) is 19.1 Å². The standard InChI is InChI=1S/C22H23N3O6/c26-18(23-7-9-31-10-8-23)12-17(13-3-5-16(6-4-13)25(29)30)24-21(27)19-14-1-2-15(11-14)20(19)22(24)28/h1-6,14-15,17,19-20H,7-12H2. The number of carbonyl (C=O) groups excluding carboxylic acids is 3. The van der Waals surface area contributed by atoms with Gasteiger partial charge in [-0.15, -0.1) is 0 Å². The molecule has 3 amide bonds. The highest BCUT2D eigenvalue weighted by Gasteiger charge is 2.60. The van der Waals surface area contributed by atoms with Gasteiger partial charge < -0.3 is 9.64 Å². The molecule has 4 aliphatic rings. The zero-order valence-electron chi connectivity index (χ0n) is 16.9. The van der Waals surface area contributed by atoms with Crippen molar-refractivity contribution in [1.29, 1.82) is 0 Å². The van der Waals surface area contributed by atoms with E-state index in [4.69, 9.17) is 4.74 Å². The van der Waals surface area contributed by atoms with Crippen LogP contribution in [0.3, 0.4) is 0 Å². The second-order valence-corrected chi connectivity index (χ2v) is 8.61. The Balaban J connectivity index is 1.46. The number of non-ortho nitro benzene ring substituents is 1. The van der Waals surface area contributed by atoms with Gasteiger partial charge in [0.1, 0.15) is 0 Å². The molecule has 31 heavy (non-hydrogen) atoms. The van der Waals surface area contributed by atoms with Gasteiger partial charge in [-0.1, -0.05) is 24.3 Å². The molecule has 2 heterocycles. The number of nitrogens with zero attached hydrogens (tertiary/aromatic N) is 3. The number of morpholine rings is 1. The molecule has 2 bridgehead atoms. The number of fused-ring (bicyclic) bond motifs is 5. The van der Waals surface area contributed by atoms with Crippen LogP contribution in [0.25, 0.3) is 0 Å². The maximum absolute atomic E-state index is 13.4. The quantitative estimate of drug-likeness (QED) is 0.307. The van der Waals surface area contributed by atoms with Gasteiger partial charge in [-0.2, -0.15) is 0 Å². The molecule has 1 saturated carbocycles. The number of benzene rings is 1. The largest absolute Gasteiger partial charge is 0.378 e. The first-order valence-corrected chi connectivity index (χ1v) is 10.6. The lowest BCUT2D eigenvalue weighted by atomic mass is 9.85. The van der Waals surface area contributed by atoms with Gasteiger partial charge in [0, 0.05) is 25.2 Å². The third-order valence-electron chi connectivity index (χ3n) is 7.04. The van der Waals surface area contributed by atoms with E-state index in [0.29, 0.717) is 31.9 Å². The summed E-state index contributed by atoms with van der Waals surface area (Å²) in [7, 11) is 0. The minimum Gasteiger partial charge on any atom is -0.378 e. The van der Waals surface area contributed by atoms with Crippen LogP contribution >= 0.6 is 0 Å². The Kier molecular flexibility index (Phi) is 4.85. The van der Waals surface area contributed by atoms with Crippen molar-refractivity contribution in [3.05, 3.63) is 52.1 Å². The first-order chi connectivity index (χ1) is 15.0. The molecule has 1 aromatic carbocycles. The number of imide groups is 1. The maximum atomic E-state index is 13.4. The van der Waals surface area contributed by atoms with Gasteiger partial charge in [0.2, 0.25) is 17.7 Å². The molecule has 0 radical (unpaired) electrons. The van der Waals surface area contributed by atoms with Crippen LogP contribution in [0.1, 0.15) is 24.4 Å². The smallest absolute Gasteiger partial charge is 0.269 e. The Morgan fingerprint density at radius 2 is 1.65 bits per heavy atom. The summed E-state index contributed by atoms with van der Waals surface area (Å²) in [6.07, 6.45) is 4.84. The van der Waals surface area contributed by atoms with Gasteiger partial charge in [-0.25, -0.2) is 0 Å². The molecule has 2 saturated heterocycles. The Morgan fingerprint density at radius 3 is 2.19 bits per heavy atom. The zero-order valence-corrected chi connectivity index (χ0v) is 16.9. The van der Waals surface area contributed by atoms with Crippen molar-refractivity contribution in [3.8, 4) is 0 Å². The van der Waals surface area contributed by atoms with E-state index in [1.54, 1.807) is 4.90 Å². The molecule has 5 atom stereocenters. The second kappa shape index (κ2) is 7.56.